The van der Waals surface area contributed by atoms with Crippen LogP contribution in [-0.2, 0) is 12.6 Å². The summed E-state index contributed by atoms with van der Waals surface area (Å²) in [5, 5.41) is 7.88. The van der Waals surface area contributed by atoms with E-state index in [1.165, 1.54) is 0 Å². The molecule has 0 bridgehead atoms. The Kier molecular flexibility index (Phi) is 3.64. The molecule has 4 nitrogen and oxygen atoms in total. The van der Waals surface area contributed by atoms with Gasteiger partial charge in [-0.1, -0.05) is 24.3 Å². The number of aryl methyl sites for hydroxylation is 1. The standard InChI is InChI=1S/C15H14F3N3O/c16-15(17,18)13-11(8-19-21-13)14(22)20-12-7-3-5-9-4-1-2-6-10(9)12/h1-2,4,6,8,12H,3,5,7H2,(H,19,21)(H,20,22). The van der Waals surface area contributed by atoms with Crippen molar-refractivity contribution in [1.29, 1.82) is 0 Å². The molecular weight excluding hydrogens is 295 g/mol. The SMILES string of the molecule is O=C(NC1CCCc2ccccc21)c1cn[nH]c1C(F)(F)F. The zero-order valence-electron chi connectivity index (χ0n) is 11.6. The van der Waals surface area contributed by atoms with Gasteiger partial charge in [0.05, 0.1) is 17.8 Å². The topological polar surface area (TPSA) is 57.8 Å². The number of aromatic amines is 1. The second-order valence-corrected chi connectivity index (χ2v) is 5.27. The molecule has 1 aliphatic carbocycles. The summed E-state index contributed by atoms with van der Waals surface area (Å²) in [5.74, 6) is -0.761. The number of fused-ring (bicyclic) bond motifs is 1. The normalized spacial score (nSPS) is 17.9. The van der Waals surface area contributed by atoms with Gasteiger partial charge in [0.15, 0.2) is 5.69 Å². The van der Waals surface area contributed by atoms with Crippen LogP contribution in [0.1, 0.15) is 46.1 Å². The van der Waals surface area contributed by atoms with E-state index >= 15 is 0 Å². The van der Waals surface area contributed by atoms with E-state index in [0.717, 1.165) is 30.2 Å². The number of benzene rings is 1. The molecule has 1 heterocycles. The molecule has 2 N–H and O–H groups in total. The van der Waals surface area contributed by atoms with Gasteiger partial charge in [-0.25, -0.2) is 0 Å². The van der Waals surface area contributed by atoms with Crippen molar-refractivity contribution in [1.82, 2.24) is 15.5 Å². The number of H-pyrrole nitrogens is 1. The van der Waals surface area contributed by atoms with Gasteiger partial charge in [0, 0.05) is 0 Å². The van der Waals surface area contributed by atoms with E-state index in [1.807, 2.05) is 29.4 Å². The van der Waals surface area contributed by atoms with E-state index in [4.69, 9.17) is 0 Å². The number of nitrogens with one attached hydrogen (secondary N) is 2. The fourth-order valence-corrected chi connectivity index (χ4v) is 2.81. The fraction of sp³-hybridized carbons (Fsp3) is 0.333. The highest BCUT2D eigenvalue weighted by molar-refractivity contribution is 5.95. The summed E-state index contributed by atoms with van der Waals surface area (Å²) in [6.07, 6.45) is -1.20. The zero-order valence-corrected chi connectivity index (χ0v) is 11.6. The van der Waals surface area contributed by atoms with Crippen molar-refractivity contribution in [2.75, 3.05) is 0 Å². The van der Waals surface area contributed by atoms with Gasteiger partial charge in [0.1, 0.15) is 0 Å². The van der Waals surface area contributed by atoms with Crippen LogP contribution >= 0.6 is 0 Å². The summed E-state index contributed by atoms with van der Waals surface area (Å²) in [4.78, 5) is 12.2. The number of carbonyl (C=O) groups is 1. The van der Waals surface area contributed by atoms with Gasteiger partial charge in [-0.15, -0.1) is 0 Å². The van der Waals surface area contributed by atoms with Crippen LogP contribution in [0.5, 0.6) is 0 Å². The number of hydrogen-bond donors (Lipinski definition) is 2. The highest BCUT2D eigenvalue weighted by atomic mass is 19.4. The van der Waals surface area contributed by atoms with E-state index < -0.39 is 23.3 Å². The first-order chi connectivity index (χ1) is 10.5. The number of carbonyl (C=O) groups excluding carboxylic acids is 1. The maximum Gasteiger partial charge on any atom is 0.433 e. The molecule has 1 atom stereocenters. The predicted octanol–water partition coefficient (Wildman–Crippen LogP) is 3.24. The van der Waals surface area contributed by atoms with Crippen molar-refractivity contribution < 1.29 is 18.0 Å². The lowest BCUT2D eigenvalue weighted by Gasteiger charge is -2.26. The molecule has 2 aromatic rings. The molecular formula is C15H14F3N3O. The number of alkyl halides is 3. The number of amides is 1. The van der Waals surface area contributed by atoms with Gasteiger partial charge in [0.25, 0.3) is 5.91 Å². The van der Waals surface area contributed by atoms with Crippen LogP contribution in [-0.4, -0.2) is 16.1 Å². The summed E-state index contributed by atoms with van der Waals surface area (Å²) < 4.78 is 38.4. The van der Waals surface area contributed by atoms with Crippen LogP contribution in [0.3, 0.4) is 0 Å². The van der Waals surface area contributed by atoms with Crippen molar-refractivity contribution in [3.8, 4) is 0 Å². The number of aromatic nitrogens is 2. The lowest BCUT2D eigenvalue weighted by Crippen LogP contribution is -2.32. The molecule has 7 heteroatoms. The quantitative estimate of drug-likeness (QED) is 0.895. The minimum absolute atomic E-state index is 0.270. The van der Waals surface area contributed by atoms with E-state index in [0.29, 0.717) is 6.42 Å². The molecule has 0 saturated carbocycles. The molecule has 1 aromatic heterocycles. The molecule has 22 heavy (non-hydrogen) atoms. The minimum Gasteiger partial charge on any atom is -0.345 e. The van der Waals surface area contributed by atoms with E-state index in [-0.39, 0.29) is 6.04 Å². The fourth-order valence-electron chi connectivity index (χ4n) is 2.81. The molecule has 1 unspecified atom stereocenters. The van der Waals surface area contributed by atoms with Crippen LogP contribution in [0.25, 0.3) is 0 Å². The average molecular weight is 309 g/mol. The third-order valence-corrected chi connectivity index (χ3v) is 3.84. The molecule has 0 saturated heterocycles. The maximum atomic E-state index is 12.8. The highest BCUT2D eigenvalue weighted by Gasteiger charge is 2.38. The summed E-state index contributed by atoms with van der Waals surface area (Å²) in [5.41, 5.74) is 0.506. The van der Waals surface area contributed by atoms with E-state index in [1.54, 1.807) is 0 Å². The molecule has 3 rings (SSSR count). The van der Waals surface area contributed by atoms with Crippen LogP contribution < -0.4 is 5.32 Å². The Morgan fingerprint density at radius 1 is 1.32 bits per heavy atom. The largest absolute Gasteiger partial charge is 0.433 e. The molecule has 1 aromatic carbocycles. The zero-order chi connectivity index (χ0) is 15.7. The van der Waals surface area contributed by atoms with Crippen molar-refractivity contribution in [2.45, 2.75) is 31.5 Å². The first-order valence-corrected chi connectivity index (χ1v) is 6.96. The first kappa shape index (κ1) is 14.6. The van der Waals surface area contributed by atoms with Crippen molar-refractivity contribution in [3.63, 3.8) is 0 Å². The second kappa shape index (κ2) is 5.47. The van der Waals surface area contributed by atoms with Crippen molar-refractivity contribution in [3.05, 3.63) is 52.8 Å². The Morgan fingerprint density at radius 2 is 2.09 bits per heavy atom. The molecule has 1 amide bonds. The maximum absolute atomic E-state index is 12.8. The van der Waals surface area contributed by atoms with Crippen LogP contribution in [0.15, 0.2) is 30.5 Å². The van der Waals surface area contributed by atoms with Crippen LogP contribution in [0, 0.1) is 0 Å². The summed E-state index contributed by atoms with van der Waals surface area (Å²) in [7, 11) is 0. The molecule has 0 aliphatic heterocycles. The molecule has 0 spiro atoms. The summed E-state index contributed by atoms with van der Waals surface area (Å²) in [6, 6.07) is 7.39. The van der Waals surface area contributed by atoms with Gasteiger partial charge in [-0.2, -0.15) is 18.3 Å². The Labute approximate surface area is 124 Å². The minimum atomic E-state index is -4.63. The van der Waals surface area contributed by atoms with Crippen molar-refractivity contribution in [2.24, 2.45) is 0 Å². The summed E-state index contributed by atoms with van der Waals surface area (Å²) >= 11 is 0. The smallest absolute Gasteiger partial charge is 0.345 e. The Morgan fingerprint density at radius 3 is 2.86 bits per heavy atom. The molecule has 1 aliphatic rings. The van der Waals surface area contributed by atoms with Crippen LogP contribution in [0.4, 0.5) is 13.2 Å². The first-order valence-electron chi connectivity index (χ1n) is 6.96. The lowest BCUT2D eigenvalue weighted by atomic mass is 9.87. The average Bonchev–Trinajstić information content (AvgIpc) is 2.97. The third kappa shape index (κ3) is 2.70. The Hall–Kier alpha value is -2.31. The van der Waals surface area contributed by atoms with E-state index in [2.05, 4.69) is 10.4 Å². The van der Waals surface area contributed by atoms with Gasteiger partial charge in [-0.05, 0) is 30.4 Å². The van der Waals surface area contributed by atoms with Crippen LogP contribution in [0.2, 0.25) is 0 Å². The number of rotatable bonds is 2. The Bertz CT molecular complexity index is 693. The highest BCUT2D eigenvalue weighted by Crippen LogP contribution is 2.32. The molecule has 0 fully saturated rings. The Balaban J connectivity index is 1.83. The molecule has 116 valence electrons. The van der Waals surface area contributed by atoms with Gasteiger partial charge < -0.3 is 5.32 Å². The number of hydrogen-bond acceptors (Lipinski definition) is 2. The second-order valence-electron chi connectivity index (χ2n) is 5.27. The van der Waals surface area contributed by atoms with Gasteiger partial charge in [0.2, 0.25) is 0 Å². The van der Waals surface area contributed by atoms with E-state index in [9.17, 15) is 18.0 Å². The lowest BCUT2D eigenvalue weighted by molar-refractivity contribution is -0.141. The third-order valence-electron chi connectivity index (χ3n) is 3.84. The number of nitrogens with zero attached hydrogens (tertiary/aromatic N) is 1. The predicted molar refractivity (Wildman–Crippen MR) is 73.2 cm³/mol. The molecule has 0 radical (unpaired) electrons. The summed E-state index contributed by atoms with van der Waals surface area (Å²) in [6.45, 7) is 0. The van der Waals surface area contributed by atoms with Crippen molar-refractivity contribution >= 4 is 5.91 Å². The monoisotopic (exact) mass is 309 g/mol. The van der Waals surface area contributed by atoms with Gasteiger partial charge in [-0.3, -0.25) is 9.89 Å². The van der Waals surface area contributed by atoms with Gasteiger partial charge >= 0.3 is 6.18 Å². The number of halogens is 3.